The molecule has 0 aliphatic rings. The summed E-state index contributed by atoms with van der Waals surface area (Å²) in [5.41, 5.74) is 5.52. The van der Waals surface area contributed by atoms with Gasteiger partial charge in [-0.2, -0.15) is 4.98 Å². The third-order valence-electron chi connectivity index (χ3n) is 2.56. The van der Waals surface area contributed by atoms with E-state index >= 15 is 0 Å². The van der Waals surface area contributed by atoms with Crippen molar-refractivity contribution in [2.75, 3.05) is 11.1 Å². The van der Waals surface area contributed by atoms with Crippen molar-refractivity contribution in [3.05, 3.63) is 11.2 Å². The van der Waals surface area contributed by atoms with E-state index in [1.54, 1.807) is 6.07 Å². The van der Waals surface area contributed by atoms with E-state index in [-0.39, 0.29) is 5.95 Å². The van der Waals surface area contributed by atoms with Crippen LogP contribution in [-0.2, 0) is 0 Å². The first-order chi connectivity index (χ1) is 7.51. The number of anilines is 2. The molecule has 1 aromatic rings. The molecule has 4 nitrogen and oxygen atoms in total. The lowest BCUT2D eigenvalue weighted by molar-refractivity contribution is 0.483. The van der Waals surface area contributed by atoms with Gasteiger partial charge in [0.15, 0.2) is 0 Å². The molecule has 0 radical (unpaired) electrons. The average Bonchev–Trinajstić information content (AvgIpc) is 2.15. The van der Waals surface area contributed by atoms with Crippen LogP contribution >= 0.6 is 11.6 Å². The zero-order valence-electron chi connectivity index (χ0n) is 10.00. The van der Waals surface area contributed by atoms with E-state index in [2.05, 4.69) is 36.1 Å². The van der Waals surface area contributed by atoms with Crippen LogP contribution in [0, 0.1) is 5.92 Å². The number of nitrogen functional groups attached to an aromatic ring is 1. The highest BCUT2D eigenvalue weighted by atomic mass is 35.5. The second-order valence-electron chi connectivity index (χ2n) is 4.23. The number of hydrogen-bond donors (Lipinski definition) is 2. The van der Waals surface area contributed by atoms with Crippen LogP contribution in [0.15, 0.2) is 6.07 Å². The van der Waals surface area contributed by atoms with Gasteiger partial charge in [0.05, 0.1) is 0 Å². The fourth-order valence-corrected chi connectivity index (χ4v) is 1.78. The highest BCUT2D eigenvalue weighted by molar-refractivity contribution is 6.29. The number of rotatable bonds is 5. The molecule has 2 atom stereocenters. The van der Waals surface area contributed by atoms with Gasteiger partial charge in [-0.05, 0) is 19.3 Å². The number of nitrogens with one attached hydrogen (secondary N) is 1. The standard InChI is InChI=1S/C11H19ClN4/c1-4-7(2)5-8(3)14-10-6-9(12)15-11(13)16-10/h6-8H,4-5H2,1-3H3,(H3,13,14,15,16). The van der Waals surface area contributed by atoms with E-state index in [1.165, 1.54) is 6.42 Å². The summed E-state index contributed by atoms with van der Waals surface area (Å²) >= 11 is 5.80. The third kappa shape index (κ3) is 4.23. The molecule has 90 valence electrons. The summed E-state index contributed by atoms with van der Waals surface area (Å²) in [6.45, 7) is 6.55. The third-order valence-corrected chi connectivity index (χ3v) is 2.75. The van der Waals surface area contributed by atoms with E-state index in [0.29, 0.717) is 22.9 Å². The summed E-state index contributed by atoms with van der Waals surface area (Å²) in [5.74, 6) is 1.58. The molecule has 5 heteroatoms. The summed E-state index contributed by atoms with van der Waals surface area (Å²) in [5, 5.41) is 3.64. The Balaban J connectivity index is 2.58. The zero-order chi connectivity index (χ0) is 12.1. The molecule has 0 saturated carbocycles. The summed E-state index contributed by atoms with van der Waals surface area (Å²) in [4.78, 5) is 7.89. The van der Waals surface area contributed by atoms with Crippen molar-refractivity contribution in [1.29, 1.82) is 0 Å². The van der Waals surface area contributed by atoms with Crippen molar-refractivity contribution in [3.8, 4) is 0 Å². The quantitative estimate of drug-likeness (QED) is 0.780. The first kappa shape index (κ1) is 13.0. The predicted octanol–water partition coefficient (Wildman–Crippen LogP) is 2.95. The molecule has 16 heavy (non-hydrogen) atoms. The van der Waals surface area contributed by atoms with Crippen molar-refractivity contribution < 1.29 is 0 Å². The van der Waals surface area contributed by atoms with Crippen LogP contribution in [0.4, 0.5) is 11.8 Å². The van der Waals surface area contributed by atoms with Crippen molar-refractivity contribution >= 4 is 23.4 Å². The predicted molar refractivity (Wildman–Crippen MR) is 68.6 cm³/mol. The molecule has 0 amide bonds. The maximum atomic E-state index is 5.80. The second kappa shape index (κ2) is 5.89. The molecule has 0 aromatic carbocycles. The number of hydrogen-bond acceptors (Lipinski definition) is 4. The monoisotopic (exact) mass is 242 g/mol. The first-order valence-electron chi connectivity index (χ1n) is 5.57. The molecule has 1 rings (SSSR count). The Labute approximate surface area is 102 Å². The lowest BCUT2D eigenvalue weighted by Gasteiger charge is -2.18. The van der Waals surface area contributed by atoms with E-state index in [4.69, 9.17) is 17.3 Å². The van der Waals surface area contributed by atoms with Crippen LogP contribution in [0.3, 0.4) is 0 Å². The van der Waals surface area contributed by atoms with Gasteiger partial charge in [-0.25, -0.2) is 4.98 Å². The molecule has 0 bridgehead atoms. The van der Waals surface area contributed by atoms with Gasteiger partial charge >= 0.3 is 0 Å². The number of halogens is 1. The highest BCUT2D eigenvalue weighted by Gasteiger charge is 2.08. The first-order valence-corrected chi connectivity index (χ1v) is 5.95. The van der Waals surface area contributed by atoms with Gasteiger partial charge in [0.25, 0.3) is 0 Å². The summed E-state index contributed by atoms with van der Waals surface area (Å²) in [7, 11) is 0. The van der Waals surface area contributed by atoms with Gasteiger partial charge in [-0.15, -0.1) is 0 Å². The van der Waals surface area contributed by atoms with Gasteiger partial charge in [0.1, 0.15) is 11.0 Å². The summed E-state index contributed by atoms with van der Waals surface area (Å²) in [6, 6.07) is 2.03. The zero-order valence-corrected chi connectivity index (χ0v) is 10.8. The topological polar surface area (TPSA) is 63.8 Å². The van der Waals surface area contributed by atoms with E-state index in [0.717, 1.165) is 6.42 Å². The van der Waals surface area contributed by atoms with Crippen molar-refractivity contribution in [1.82, 2.24) is 9.97 Å². The van der Waals surface area contributed by atoms with Crippen molar-refractivity contribution in [2.24, 2.45) is 5.92 Å². The van der Waals surface area contributed by atoms with Crippen LogP contribution in [0.5, 0.6) is 0 Å². The lowest BCUT2D eigenvalue weighted by atomic mass is 10.0. The molecule has 0 saturated heterocycles. The minimum Gasteiger partial charge on any atom is -0.368 e. The smallest absolute Gasteiger partial charge is 0.223 e. The van der Waals surface area contributed by atoms with Crippen LogP contribution in [-0.4, -0.2) is 16.0 Å². The van der Waals surface area contributed by atoms with Gasteiger partial charge in [0.2, 0.25) is 5.95 Å². The Hall–Kier alpha value is -1.03. The molecule has 2 unspecified atom stereocenters. The molecule has 3 N–H and O–H groups in total. The van der Waals surface area contributed by atoms with E-state index < -0.39 is 0 Å². The Kier molecular flexibility index (Phi) is 4.80. The van der Waals surface area contributed by atoms with Gasteiger partial charge < -0.3 is 11.1 Å². The minimum atomic E-state index is 0.200. The largest absolute Gasteiger partial charge is 0.368 e. The Morgan fingerprint density at radius 2 is 2.12 bits per heavy atom. The van der Waals surface area contributed by atoms with Crippen LogP contribution in [0.25, 0.3) is 0 Å². The van der Waals surface area contributed by atoms with Gasteiger partial charge in [-0.1, -0.05) is 31.9 Å². The van der Waals surface area contributed by atoms with Crippen molar-refractivity contribution in [2.45, 2.75) is 39.7 Å². The maximum absolute atomic E-state index is 5.80. The van der Waals surface area contributed by atoms with Gasteiger partial charge in [0, 0.05) is 12.1 Å². The molecule has 0 aliphatic heterocycles. The SMILES string of the molecule is CCC(C)CC(C)Nc1cc(Cl)nc(N)n1. The fourth-order valence-electron chi connectivity index (χ4n) is 1.59. The fraction of sp³-hybridized carbons (Fsp3) is 0.636. The van der Waals surface area contributed by atoms with Crippen LogP contribution < -0.4 is 11.1 Å². The molecule has 0 fully saturated rings. The number of nitrogens with zero attached hydrogens (tertiary/aromatic N) is 2. The highest BCUT2D eigenvalue weighted by Crippen LogP contribution is 2.16. The van der Waals surface area contributed by atoms with Crippen molar-refractivity contribution in [3.63, 3.8) is 0 Å². The molecule has 0 spiro atoms. The molecular formula is C11H19ClN4. The molecule has 1 heterocycles. The lowest BCUT2D eigenvalue weighted by Crippen LogP contribution is -2.19. The van der Waals surface area contributed by atoms with Crippen LogP contribution in [0.1, 0.15) is 33.6 Å². The Morgan fingerprint density at radius 3 is 2.69 bits per heavy atom. The molecular weight excluding hydrogens is 224 g/mol. The summed E-state index contributed by atoms with van der Waals surface area (Å²) in [6.07, 6.45) is 2.27. The van der Waals surface area contributed by atoms with Gasteiger partial charge in [-0.3, -0.25) is 0 Å². The van der Waals surface area contributed by atoms with E-state index in [9.17, 15) is 0 Å². The molecule has 0 aliphatic carbocycles. The minimum absolute atomic E-state index is 0.200. The van der Waals surface area contributed by atoms with Crippen LogP contribution in [0.2, 0.25) is 5.15 Å². The Morgan fingerprint density at radius 1 is 1.44 bits per heavy atom. The number of aromatic nitrogens is 2. The molecule has 1 aromatic heterocycles. The Bertz CT molecular complexity index is 323. The van der Waals surface area contributed by atoms with E-state index in [1.807, 2.05) is 0 Å². The second-order valence-corrected chi connectivity index (χ2v) is 4.62. The maximum Gasteiger partial charge on any atom is 0.223 e. The average molecular weight is 243 g/mol. The normalized spacial score (nSPS) is 14.5. The number of nitrogens with two attached hydrogens (primary N) is 1. The summed E-state index contributed by atoms with van der Waals surface area (Å²) < 4.78 is 0.